The largest absolute Gasteiger partial charge is 0.512 e. The summed E-state index contributed by atoms with van der Waals surface area (Å²) < 4.78 is 41.8. The van der Waals surface area contributed by atoms with Gasteiger partial charge in [0, 0.05) is 71.9 Å². The van der Waals surface area contributed by atoms with Gasteiger partial charge in [0.2, 0.25) is 0 Å². The first kappa shape index (κ1) is 35.8. The van der Waals surface area contributed by atoms with Crippen molar-refractivity contribution in [2.45, 2.75) is 54.6 Å². The van der Waals surface area contributed by atoms with Crippen molar-refractivity contribution in [1.82, 2.24) is 9.55 Å². The van der Waals surface area contributed by atoms with Crippen molar-refractivity contribution >= 4 is 49.1 Å². The van der Waals surface area contributed by atoms with Crippen LogP contribution in [0.2, 0.25) is 0 Å². The summed E-state index contributed by atoms with van der Waals surface area (Å²) in [7, 11) is 1.83. The number of aliphatic hydroxyl groups is 1. The zero-order valence-corrected chi connectivity index (χ0v) is 30.1. The van der Waals surface area contributed by atoms with Gasteiger partial charge in [-0.05, 0) is 40.1 Å². The Morgan fingerprint density at radius 2 is 1.38 bits per heavy atom. The monoisotopic (exact) mass is 816 g/mol. The fraction of sp³-hybridized carbons (Fsp3) is 0.282. The van der Waals surface area contributed by atoms with Gasteiger partial charge in [0.1, 0.15) is 5.76 Å². The Hall–Kier alpha value is -4.00. The summed E-state index contributed by atoms with van der Waals surface area (Å²) in [4.78, 5) is 16.1. The Balaban J connectivity index is 0.000000307. The summed E-state index contributed by atoms with van der Waals surface area (Å²) in [6, 6.07) is 23.4. The predicted molar refractivity (Wildman–Crippen MR) is 182 cm³/mol. The molecule has 0 aliphatic carbocycles. The second-order valence-electron chi connectivity index (χ2n) is 13.8. The van der Waals surface area contributed by atoms with Crippen molar-refractivity contribution in [3.8, 4) is 11.3 Å². The molecule has 0 fully saturated rings. The Bertz CT molecular complexity index is 2160. The van der Waals surface area contributed by atoms with Gasteiger partial charge in [0.05, 0.1) is 11.1 Å². The molecule has 0 atom stereocenters. The molecule has 4 nitrogen and oxygen atoms in total. The molecule has 0 saturated carbocycles. The molecule has 8 heteroatoms. The first-order valence-electron chi connectivity index (χ1n) is 15.1. The van der Waals surface area contributed by atoms with Gasteiger partial charge in [-0.15, -0.1) is 35.4 Å². The van der Waals surface area contributed by atoms with Crippen molar-refractivity contribution in [1.29, 1.82) is 0 Å². The smallest absolute Gasteiger partial charge is 0.416 e. The molecule has 4 aromatic carbocycles. The third kappa shape index (κ3) is 7.14. The number of pyridine rings is 1. The molecular weight excluding hydrogens is 778 g/mol. The Morgan fingerprint density at radius 1 is 0.809 bits per heavy atom. The van der Waals surface area contributed by atoms with E-state index >= 15 is 0 Å². The number of carbonyl (C=O) groups excluding carboxylic acids is 1. The summed E-state index contributed by atoms with van der Waals surface area (Å²) in [6.45, 7) is 13.2. The number of rotatable bonds is 2. The molecule has 0 amide bonds. The molecule has 0 saturated heterocycles. The van der Waals surface area contributed by atoms with Crippen LogP contribution in [0.5, 0.6) is 0 Å². The number of halogens is 3. The minimum absolute atomic E-state index is 0. The normalized spacial score (nSPS) is 12.7. The molecule has 2 heterocycles. The van der Waals surface area contributed by atoms with Gasteiger partial charge in [-0.25, -0.2) is 0 Å². The maximum absolute atomic E-state index is 13.3. The van der Waals surface area contributed by atoms with E-state index in [2.05, 4.69) is 29.2 Å². The van der Waals surface area contributed by atoms with Gasteiger partial charge in [0.15, 0.2) is 5.78 Å². The number of allylic oxidation sites excluding steroid dienone is 2. The zero-order valence-electron chi connectivity index (χ0n) is 27.7. The van der Waals surface area contributed by atoms with Crippen LogP contribution < -0.4 is 0 Å². The number of carbonyl (C=O) groups is 1. The second kappa shape index (κ2) is 12.9. The van der Waals surface area contributed by atoms with Crippen LogP contribution in [0.3, 0.4) is 0 Å². The number of hydrogen-bond acceptors (Lipinski definition) is 3. The minimum atomic E-state index is -4.38. The number of ketones is 1. The minimum Gasteiger partial charge on any atom is -0.512 e. The van der Waals surface area contributed by atoms with Crippen molar-refractivity contribution in [3.05, 3.63) is 102 Å². The quantitative estimate of drug-likeness (QED) is 0.0820. The number of nitrogens with zero attached hydrogens (tertiary/aromatic N) is 2. The van der Waals surface area contributed by atoms with Gasteiger partial charge >= 0.3 is 6.18 Å². The molecule has 47 heavy (non-hydrogen) atoms. The topological polar surface area (TPSA) is 55.1 Å². The Labute approximate surface area is 286 Å². The van der Waals surface area contributed by atoms with E-state index in [0.29, 0.717) is 5.52 Å². The molecule has 0 bridgehead atoms. The van der Waals surface area contributed by atoms with Crippen LogP contribution in [-0.2, 0) is 38.1 Å². The van der Waals surface area contributed by atoms with E-state index in [1.54, 1.807) is 12.3 Å². The maximum Gasteiger partial charge on any atom is 0.416 e. The summed E-state index contributed by atoms with van der Waals surface area (Å²) in [5.74, 6) is 0.104. The standard InChI is InChI=1S/C28H18F3N2.C11H20O2.Ir/c1-16-4-3-5-17(14-16)26-22-9-11-23-19(20(22)12-13-32-26)8-10-24-21-7-6-18(28(29,30)31)15-25(21)33(2)27(23)24;1-10(2,3)8(12)7-9(13)11(4,5)6;/h3-4,6-15H,1-2H3;7,12H,1-6H3;/q-1;;/b;8-7-;. The number of alkyl halides is 3. The maximum atomic E-state index is 13.3. The molecule has 0 unspecified atom stereocenters. The van der Waals surface area contributed by atoms with E-state index in [9.17, 15) is 23.1 Å². The van der Waals surface area contributed by atoms with Crippen LogP contribution in [0, 0.1) is 23.8 Å². The number of benzene rings is 4. The summed E-state index contributed by atoms with van der Waals surface area (Å²) in [5.41, 5.74) is 3.02. The fourth-order valence-electron chi connectivity index (χ4n) is 5.46. The molecule has 1 N–H and O–H groups in total. The van der Waals surface area contributed by atoms with Gasteiger partial charge in [-0.3, -0.25) is 4.79 Å². The van der Waals surface area contributed by atoms with Gasteiger partial charge in [-0.1, -0.05) is 78.8 Å². The van der Waals surface area contributed by atoms with Crippen LogP contribution >= 0.6 is 0 Å². The number of fused-ring (bicyclic) bond motifs is 7. The second-order valence-corrected chi connectivity index (χ2v) is 13.8. The molecule has 2 aromatic heterocycles. The molecule has 6 rings (SSSR count). The molecular formula is C39H38F3IrN2O2-. The summed E-state index contributed by atoms with van der Waals surface area (Å²) in [6.07, 6.45) is -1.24. The van der Waals surface area contributed by atoms with Crippen molar-refractivity contribution in [2.24, 2.45) is 17.9 Å². The SMILES string of the molecule is CC(C)(C)C(=O)/C=C(\O)C(C)(C)C.Cc1cc[c-]c(-c2nccc3c2ccc2c3ccc3c4ccc(C(F)(F)F)cc4n(C)c23)c1.[Ir]. The summed E-state index contributed by atoms with van der Waals surface area (Å²) in [5, 5.41) is 15.4. The van der Waals surface area contributed by atoms with Crippen LogP contribution in [0.4, 0.5) is 13.2 Å². The van der Waals surface area contributed by atoms with Crippen LogP contribution in [0.1, 0.15) is 52.7 Å². The number of aromatic nitrogens is 2. The van der Waals surface area contributed by atoms with E-state index in [-0.39, 0.29) is 37.1 Å². The third-order valence-corrected chi connectivity index (χ3v) is 8.21. The number of aliphatic hydroxyl groups excluding tert-OH is 1. The van der Waals surface area contributed by atoms with E-state index in [1.165, 1.54) is 12.1 Å². The van der Waals surface area contributed by atoms with Gasteiger partial charge in [-0.2, -0.15) is 13.2 Å². The molecule has 1 radical (unpaired) electrons. The van der Waals surface area contributed by atoms with Crippen LogP contribution in [-0.4, -0.2) is 20.4 Å². The molecule has 0 aliphatic heterocycles. The predicted octanol–water partition coefficient (Wildman–Crippen LogP) is 10.9. The van der Waals surface area contributed by atoms with Crippen LogP contribution in [0.15, 0.2) is 84.8 Å². The Morgan fingerprint density at radius 3 is 1.98 bits per heavy atom. The van der Waals surface area contributed by atoms with Crippen molar-refractivity contribution < 1.29 is 43.2 Å². The Kier molecular flexibility index (Phi) is 9.83. The fourth-order valence-corrected chi connectivity index (χ4v) is 5.46. The van der Waals surface area contributed by atoms with E-state index in [1.807, 2.05) is 90.4 Å². The first-order valence-corrected chi connectivity index (χ1v) is 15.1. The molecule has 247 valence electrons. The molecule has 0 spiro atoms. The summed E-state index contributed by atoms with van der Waals surface area (Å²) >= 11 is 0. The molecule has 0 aliphatic rings. The van der Waals surface area contributed by atoms with Gasteiger partial charge < -0.3 is 14.7 Å². The van der Waals surface area contributed by atoms with Crippen LogP contribution in [0.25, 0.3) is 54.6 Å². The number of aryl methyl sites for hydroxylation is 2. The van der Waals surface area contributed by atoms with E-state index in [0.717, 1.165) is 60.7 Å². The average molecular weight is 816 g/mol. The third-order valence-electron chi connectivity index (χ3n) is 8.21. The number of hydrogen-bond donors (Lipinski definition) is 1. The molecule has 6 aromatic rings. The van der Waals surface area contributed by atoms with Crippen molar-refractivity contribution in [3.63, 3.8) is 0 Å². The van der Waals surface area contributed by atoms with E-state index in [4.69, 9.17) is 0 Å². The first-order chi connectivity index (χ1) is 21.4. The zero-order chi connectivity index (χ0) is 33.8. The average Bonchev–Trinajstić information content (AvgIpc) is 3.27. The van der Waals surface area contributed by atoms with Gasteiger partial charge in [0.25, 0.3) is 0 Å². The van der Waals surface area contributed by atoms with Crippen molar-refractivity contribution in [2.75, 3.05) is 0 Å². The van der Waals surface area contributed by atoms with E-state index < -0.39 is 17.2 Å².